The molecular weight excluding hydrogens is 263 g/mol. The Morgan fingerprint density at radius 1 is 1.44 bits per heavy atom. The largest absolute Gasteiger partial charge is 0.481 e. The lowest BCUT2D eigenvalue weighted by atomic mass is 10.1. The lowest BCUT2D eigenvalue weighted by Gasteiger charge is -2.14. The molecule has 1 aromatic heterocycles. The number of carboxylic acids is 1. The summed E-state index contributed by atoms with van der Waals surface area (Å²) in [5.41, 5.74) is 0.734. The van der Waals surface area contributed by atoms with Gasteiger partial charge in [-0.3, -0.25) is 4.79 Å². The summed E-state index contributed by atoms with van der Waals surface area (Å²) >= 11 is 0. The third kappa shape index (κ3) is 3.05. The van der Waals surface area contributed by atoms with Crippen LogP contribution in [0.1, 0.15) is 23.4 Å². The molecule has 4 nitrogen and oxygen atoms in total. The summed E-state index contributed by atoms with van der Waals surface area (Å²) in [6.45, 7) is 0. The van der Waals surface area contributed by atoms with Crippen LogP contribution in [-0.4, -0.2) is 16.1 Å². The van der Waals surface area contributed by atoms with E-state index in [1.165, 1.54) is 0 Å². The summed E-state index contributed by atoms with van der Waals surface area (Å²) < 4.78 is 62.4. The molecule has 0 aliphatic heterocycles. The number of anilines is 1. The SMILES string of the molecule is Nc1cc(C(F)(F)F)c(CC(=O)O)nc1C(F)F. The van der Waals surface area contributed by atoms with Crippen molar-refractivity contribution in [3.63, 3.8) is 0 Å². The summed E-state index contributed by atoms with van der Waals surface area (Å²) in [5, 5.41) is 8.43. The van der Waals surface area contributed by atoms with E-state index in [2.05, 4.69) is 4.98 Å². The van der Waals surface area contributed by atoms with Crippen LogP contribution < -0.4 is 5.73 Å². The fourth-order valence-corrected chi connectivity index (χ4v) is 1.28. The zero-order chi connectivity index (χ0) is 14.1. The molecule has 0 saturated carbocycles. The number of halogens is 5. The van der Waals surface area contributed by atoms with Gasteiger partial charge in [0.2, 0.25) is 0 Å². The topological polar surface area (TPSA) is 76.2 Å². The first-order chi connectivity index (χ1) is 8.12. The minimum atomic E-state index is -4.91. The molecule has 0 aliphatic carbocycles. The van der Waals surface area contributed by atoms with Crippen molar-refractivity contribution >= 4 is 11.7 Å². The maximum Gasteiger partial charge on any atom is 0.418 e. The molecule has 9 heteroatoms. The van der Waals surface area contributed by atoms with Crippen molar-refractivity contribution in [1.29, 1.82) is 0 Å². The van der Waals surface area contributed by atoms with E-state index < -0.39 is 47.6 Å². The van der Waals surface area contributed by atoms with Gasteiger partial charge in [-0.1, -0.05) is 0 Å². The second-order valence-corrected chi connectivity index (χ2v) is 3.33. The van der Waals surface area contributed by atoms with E-state index in [4.69, 9.17) is 10.8 Å². The number of nitrogens with two attached hydrogens (primary N) is 1. The Balaban J connectivity index is 3.42. The normalized spacial score (nSPS) is 11.9. The van der Waals surface area contributed by atoms with Gasteiger partial charge in [0, 0.05) is 0 Å². The van der Waals surface area contributed by atoms with Crippen LogP contribution in [0.25, 0.3) is 0 Å². The number of carboxylic acid groups (broad SMARTS) is 1. The molecule has 0 amide bonds. The molecule has 0 spiro atoms. The molecule has 1 heterocycles. The molecule has 3 N–H and O–H groups in total. The Morgan fingerprint density at radius 2 is 2.00 bits per heavy atom. The molecule has 100 valence electrons. The van der Waals surface area contributed by atoms with Crippen molar-refractivity contribution in [3.05, 3.63) is 23.0 Å². The van der Waals surface area contributed by atoms with E-state index in [-0.39, 0.29) is 6.07 Å². The van der Waals surface area contributed by atoms with E-state index in [0.717, 1.165) is 0 Å². The summed E-state index contributed by atoms with van der Waals surface area (Å²) in [7, 11) is 0. The van der Waals surface area contributed by atoms with Crippen molar-refractivity contribution in [2.75, 3.05) is 5.73 Å². The predicted molar refractivity (Wildman–Crippen MR) is 49.9 cm³/mol. The average Bonchev–Trinajstić information content (AvgIpc) is 2.17. The summed E-state index contributed by atoms with van der Waals surface area (Å²) in [6, 6.07) is 0.271. The highest BCUT2D eigenvalue weighted by Gasteiger charge is 2.36. The molecule has 0 radical (unpaired) electrons. The molecule has 1 rings (SSSR count). The number of hydrogen-bond donors (Lipinski definition) is 2. The third-order valence-electron chi connectivity index (χ3n) is 1.99. The van der Waals surface area contributed by atoms with Crippen LogP contribution >= 0.6 is 0 Å². The smallest absolute Gasteiger partial charge is 0.418 e. The Labute approximate surface area is 97.2 Å². The van der Waals surface area contributed by atoms with Gasteiger partial charge in [-0.15, -0.1) is 0 Å². The first-order valence-electron chi connectivity index (χ1n) is 4.49. The first-order valence-corrected chi connectivity index (χ1v) is 4.49. The summed E-state index contributed by atoms with van der Waals surface area (Å²) in [4.78, 5) is 13.4. The van der Waals surface area contributed by atoms with Gasteiger partial charge in [0.1, 0.15) is 5.69 Å². The van der Waals surface area contributed by atoms with Gasteiger partial charge in [0.05, 0.1) is 23.4 Å². The monoisotopic (exact) mass is 270 g/mol. The van der Waals surface area contributed by atoms with Crippen LogP contribution in [0.3, 0.4) is 0 Å². The van der Waals surface area contributed by atoms with Crippen LogP contribution in [0.4, 0.5) is 27.6 Å². The molecule has 1 aromatic rings. The molecule has 18 heavy (non-hydrogen) atoms. The van der Waals surface area contributed by atoms with E-state index >= 15 is 0 Å². The zero-order valence-corrected chi connectivity index (χ0v) is 8.63. The number of carbonyl (C=O) groups is 1. The fraction of sp³-hybridized carbons (Fsp3) is 0.333. The van der Waals surface area contributed by atoms with E-state index in [1.54, 1.807) is 0 Å². The van der Waals surface area contributed by atoms with Gasteiger partial charge in [-0.25, -0.2) is 13.8 Å². The molecular formula is C9H7F5N2O2. The van der Waals surface area contributed by atoms with E-state index in [0.29, 0.717) is 0 Å². The molecule has 0 bridgehead atoms. The Bertz CT molecular complexity index is 473. The van der Waals surface area contributed by atoms with Gasteiger partial charge in [0.15, 0.2) is 0 Å². The lowest BCUT2D eigenvalue weighted by molar-refractivity contribution is -0.140. The Kier molecular flexibility index (Phi) is 3.73. The van der Waals surface area contributed by atoms with Crippen LogP contribution in [-0.2, 0) is 17.4 Å². The van der Waals surface area contributed by atoms with Crippen LogP contribution in [0.15, 0.2) is 6.07 Å². The number of rotatable bonds is 3. The summed E-state index contributed by atoms with van der Waals surface area (Å²) in [5.74, 6) is -1.61. The lowest BCUT2D eigenvalue weighted by Crippen LogP contribution is -2.16. The highest BCUT2D eigenvalue weighted by molar-refractivity contribution is 5.70. The Hall–Kier alpha value is -1.93. The number of pyridine rings is 1. The van der Waals surface area contributed by atoms with Gasteiger partial charge in [-0.05, 0) is 6.07 Å². The van der Waals surface area contributed by atoms with Gasteiger partial charge in [-0.2, -0.15) is 13.2 Å². The maximum absolute atomic E-state index is 12.5. The Morgan fingerprint density at radius 3 is 2.39 bits per heavy atom. The van der Waals surface area contributed by atoms with Crippen molar-refractivity contribution in [2.24, 2.45) is 0 Å². The second kappa shape index (κ2) is 4.75. The molecule has 0 fully saturated rings. The number of nitrogen functional groups attached to an aromatic ring is 1. The highest BCUT2D eigenvalue weighted by atomic mass is 19.4. The van der Waals surface area contributed by atoms with Crippen molar-refractivity contribution in [3.8, 4) is 0 Å². The van der Waals surface area contributed by atoms with Crippen molar-refractivity contribution in [2.45, 2.75) is 19.0 Å². The van der Waals surface area contributed by atoms with Crippen LogP contribution in [0, 0.1) is 0 Å². The van der Waals surface area contributed by atoms with Gasteiger partial charge < -0.3 is 10.8 Å². The van der Waals surface area contributed by atoms with Crippen molar-refractivity contribution < 1.29 is 31.9 Å². The second-order valence-electron chi connectivity index (χ2n) is 3.33. The quantitative estimate of drug-likeness (QED) is 0.826. The number of aromatic nitrogens is 1. The molecule has 0 aromatic carbocycles. The number of alkyl halides is 5. The average molecular weight is 270 g/mol. The third-order valence-corrected chi connectivity index (χ3v) is 1.99. The van der Waals surface area contributed by atoms with E-state index in [1.807, 2.05) is 0 Å². The van der Waals surface area contributed by atoms with Crippen LogP contribution in [0.2, 0.25) is 0 Å². The number of hydrogen-bond acceptors (Lipinski definition) is 3. The van der Waals surface area contributed by atoms with Gasteiger partial charge >= 0.3 is 12.1 Å². The van der Waals surface area contributed by atoms with Crippen molar-refractivity contribution in [1.82, 2.24) is 4.98 Å². The predicted octanol–water partition coefficient (Wildman–Crippen LogP) is 2.25. The maximum atomic E-state index is 12.5. The molecule has 0 unspecified atom stereocenters. The molecule has 0 atom stereocenters. The van der Waals surface area contributed by atoms with Crippen LogP contribution in [0.5, 0.6) is 0 Å². The standard InChI is InChI=1S/C9H7F5N2O2/c10-8(11)7-4(15)1-3(9(12,13)14)5(16-7)2-6(17)18/h1,8H,2,15H2,(H,17,18). The highest BCUT2D eigenvalue weighted by Crippen LogP contribution is 2.35. The zero-order valence-electron chi connectivity index (χ0n) is 8.63. The fourth-order valence-electron chi connectivity index (χ4n) is 1.28. The molecule has 0 saturated heterocycles. The molecule has 0 aliphatic rings. The summed E-state index contributed by atoms with van der Waals surface area (Å²) in [6.07, 6.45) is -9.21. The van der Waals surface area contributed by atoms with E-state index in [9.17, 15) is 26.7 Å². The number of aliphatic carboxylic acids is 1. The van der Waals surface area contributed by atoms with Gasteiger partial charge in [0.25, 0.3) is 6.43 Å². The minimum Gasteiger partial charge on any atom is -0.481 e. The minimum absolute atomic E-state index is 0.271. The number of nitrogens with zero attached hydrogens (tertiary/aromatic N) is 1. The first kappa shape index (κ1) is 14.1.